The standard InChI is InChI=1S/C26H27F3N6O3/c27-26(28,29)19-6-7-21-18(14-32-35(21)22-3-1-2-12-38-22)23(19)16-4-5-17-20(13-16)30-15-31-24(17)33-8-10-34(11-9-33)25(36)37/h6-7,13-15,22H,1-5,8-12H2,(H,36,37). The van der Waals surface area contributed by atoms with Gasteiger partial charge in [-0.15, -0.1) is 0 Å². The van der Waals surface area contributed by atoms with Gasteiger partial charge in [-0.05, 0) is 55.9 Å². The number of aromatic nitrogens is 4. The van der Waals surface area contributed by atoms with E-state index in [1.807, 2.05) is 4.90 Å². The molecule has 1 unspecified atom stereocenters. The lowest BCUT2D eigenvalue weighted by Crippen LogP contribution is -2.48. The molecule has 6 rings (SSSR count). The van der Waals surface area contributed by atoms with Gasteiger partial charge in [0.25, 0.3) is 0 Å². The predicted octanol–water partition coefficient (Wildman–Crippen LogP) is 4.83. The zero-order chi connectivity index (χ0) is 26.4. The van der Waals surface area contributed by atoms with Crippen LogP contribution in [0.2, 0.25) is 0 Å². The van der Waals surface area contributed by atoms with E-state index in [0.29, 0.717) is 73.6 Å². The molecular weight excluding hydrogens is 501 g/mol. The van der Waals surface area contributed by atoms with Crippen LogP contribution in [0.4, 0.5) is 23.8 Å². The zero-order valence-corrected chi connectivity index (χ0v) is 20.6. The zero-order valence-electron chi connectivity index (χ0n) is 20.6. The second-order valence-corrected chi connectivity index (χ2v) is 9.82. The van der Waals surface area contributed by atoms with Crippen molar-refractivity contribution in [3.63, 3.8) is 0 Å². The number of nitrogens with zero attached hydrogens (tertiary/aromatic N) is 6. The number of ether oxygens (including phenoxy) is 1. The third-order valence-electron chi connectivity index (χ3n) is 7.60. The number of fused-ring (bicyclic) bond motifs is 2. The van der Waals surface area contributed by atoms with Crippen LogP contribution in [0, 0.1) is 0 Å². The van der Waals surface area contributed by atoms with Crippen LogP contribution in [0.1, 0.15) is 54.3 Å². The van der Waals surface area contributed by atoms with E-state index in [4.69, 9.17) is 4.74 Å². The molecule has 3 aliphatic rings. The van der Waals surface area contributed by atoms with Crippen molar-refractivity contribution in [1.82, 2.24) is 24.6 Å². The maximum absolute atomic E-state index is 14.2. The van der Waals surface area contributed by atoms with Gasteiger partial charge < -0.3 is 19.6 Å². The lowest BCUT2D eigenvalue weighted by atomic mass is 9.87. The van der Waals surface area contributed by atoms with Crippen LogP contribution >= 0.6 is 0 Å². The number of hydrogen-bond acceptors (Lipinski definition) is 6. The maximum atomic E-state index is 14.2. The number of benzene rings is 1. The smallest absolute Gasteiger partial charge is 0.417 e. The highest BCUT2D eigenvalue weighted by molar-refractivity contribution is 5.98. The van der Waals surface area contributed by atoms with Crippen LogP contribution in [-0.4, -0.2) is 68.6 Å². The minimum Gasteiger partial charge on any atom is -0.465 e. The Balaban J connectivity index is 1.40. The number of amides is 1. The molecule has 1 N–H and O–H groups in total. The molecule has 0 saturated carbocycles. The highest BCUT2D eigenvalue weighted by Gasteiger charge is 2.37. The number of hydrogen-bond donors (Lipinski definition) is 1. The molecule has 0 spiro atoms. The number of alkyl halides is 3. The topological polar surface area (TPSA) is 96.6 Å². The summed E-state index contributed by atoms with van der Waals surface area (Å²) >= 11 is 0. The fraction of sp³-hybridized carbons (Fsp3) is 0.462. The van der Waals surface area contributed by atoms with Gasteiger partial charge in [0.2, 0.25) is 0 Å². The van der Waals surface area contributed by atoms with Crippen molar-refractivity contribution >= 4 is 34.5 Å². The number of carboxylic acid groups (broad SMARTS) is 1. The molecule has 2 fully saturated rings. The molecule has 2 saturated heterocycles. The van der Waals surface area contributed by atoms with Crippen LogP contribution in [0.25, 0.3) is 22.6 Å². The summed E-state index contributed by atoms with van der Waals surface area (Å²) in [6, 6.07) is 2.63. The van der Waals surface area contributed by atoms with E-state index in [2.05, 4.69) is 15.1 Å². The lowest BCUT2D eigenvalue weighted by Gasteiger charge is -2.35. The third kappa shape index (κ3) is 4.36. The Morgan fingerprint density at radius 3 is 2.61 bits per heavy atom. The van der Waals surface area contributed by atoms with Gasteiger partial charge in [0.1, 0.15) is 12.1 Å². The Kier molecular flexibility index (Phi) is 6.21. The first-order chi connectivity index (χ1) is 18.3. The van der Waals surface area contributed by atoms with E-state index in [1.165, 1.54) is 23.5 Å². The molecule has 0 radical (unpaired) electrons. The summed E-state index contributed by atoms with van der Waals surface area (Å²) in [5.74, 6) is 0.715. The van der Waals surface area contributed by atoms with E-state index >= 15 is 0 Å². The Morgan fingerprint density at radius 2 is 1.89 bits per heavy atom. The molecule has 4 heterocycles. The van der Waals surface area contributed by atoms with Crippen LogP contribution in [-0.2, 0) is 17.3 Å². The second kappa shape index (κ2) is 9.57. The molecule has 1 amide bonds. The van der Waals surface area contributed by atoms with Crippen LogP contribution in [0.15, 0.2) is 24.7 Å². The molecular formula is C26H27F3N6O3. The van der Waals surface area contributed by atoms with E-state index < -0.39 is 17.8 Å². The second-order valence-electron chi connectivity index (χ2n) is 9.82. The fourth-order valence-electron chi connectivity index (χ4n) is 5.71. The van der Waals surface area contributed by atoms with Gasteiger partial charge in [-0.3, -0.25) is 0 Å². The number of carbonyl (C=O) groups is 1. The van der Waals surface area contributed by atoms with Crippen LogP contribution < -0.4 is 4.90 Å². The molecule has 1 aromatic carbocycles. The van der Waals surface area contributed by atoms with Crippen molar-refractivity contribution in [2.75, 3.05) is 37.7 Å². The quantitative estimate of drug-likeness (QED) is 0.520. The van der Waals surface area contributed by atoms with Crippen molar-refractivity contribution in [1.29, 1.82) is 0 Å². The number of piperazine rings is 1. The predicted molar refractivity (Wildman–Crippen MR) is 134 cm³/mol. The molecule has 0 bridgehead atoms. The summed E-state index contributed by atoms with van der Waals surface area (Å²) in [4.78, 5) is 23.5. The molecule has 3 aromatic rings. The lowest BCUT2D eigenvalue weighted by molar-refractivity contribution is -0.137. The summed E-state index contributed by atoms with van der Waals surface area (Å²) in [5, 5.41) is 14.1. The molecule has 2 aromatic heterocycles. The average Bonchev–Trinajstić information content (AvgIpc) is 3.36. The number of halogens is 3. The molecule has 38 heavy (non-hydrogen) atoms. The summed E-state index contributed by atoms with van der Waals surface area (Å²) in [6.45, 7) is 2.31. The van der Waals surface area contributed by atoms with Crippen molar-refractivity contribution in [2.24, 2.45) is 0 Å². The summed E-state index contributed by atoms with van der Waals surface area (Å²) in [5.41, 5.74) is 2.07. The molecule has 9 nitrogen and oxygen atoms in total. The Labute approximate surface area is 216 Å². The average molecular weight is 529 g/mol. The van der Waals surface area contributed by atoms with Gasteiger partial charge >= 0.3 is 12.3 Å². The van der Waals surface area contributed by atoms with Crippen molar-refractivity contribution in [2.45, 2.75) is 44.5 Å². The first-order valence-corrected chi connectivity index (χ1v) is 12.8. The van der Waals surface area contributed by atoms with Gasteiger partial charge in [-0.25, -0.2) is 19.4 Å². The molecule has 12 heteroatoms. The number of anilines is 1. The minimum atomic E-state index is -4.53. The highest BCUT2D eigenvalue weighted by Crippen LogP contribution is 2.43. The van der Waals surface area contributed by atoms with E-state index in [9.17, 15) is 23.1 Å². The van der Waals surface area contributed by atoms with Gasteiger partial charge in [0.15, 0.2) is 6.23 Å². The Morgan fingerprint density at radius 1 is 1.08 bits per heavy atom. The molecule has 200 valence electrons. The molecule has 2 aliphatic heterocycles. The van der Waals surface area contributed by atoms with Gasteiger partial charge in [-0.2, -0.15) is 18.3 Å². The van der Waals surface area contributed by atoms with Crippen molar-refractivity contribution in [3.8, 4) is 0 Å². The number of allylic oxidation sites excluding steroid dienone is 1. The third-order valence-corrected chi connectivity index (χ3v) is 7.60. The van der Waals surface area contributed by atoms with Crippen molar-refractivity contribution < 1.29 is 27.8 Å². The van der Waals surface area contributed by atoms with Gasteiger partial charge in [-0.1, -0.05) is 0 Å². The maximum Gasteiger partial charge on any atom is 0.417 e. The first kappa shape index (κ1) is 24.7. The number of rotatable bonds is 3. The van der Waals surface area contributed by atoms with Crippen LogP contribution in [0.3, 0.4) is 0 Å². The van der Waals surface area contributed by atoms with E-state index in [0.717, 1.165) is 30.9 Å². The fourth-order valence-corrected chi connectivity index (χ4v) is 5.71. The van der Waals surface area contributed by atoms with Crippen LogP contribution in [0.5, 0.6) is 0 Å². The Hall–Kier alpha value is -3.67. The summed E-state index contributed by atoms with van der Waals surface area (Å²) in [6.07, 6.45) is 2.47. The SMILES string of the molecule is O=C(O)N1CCN(c2ncnc3c2CCC(c2c(C(F)(F)F)ccc4c2cnn4C2CCCCO2)=C3)CC1. The van der Waals surface area contributed by atoms with E-state index in [1.54, 1.807) is 10.8 Å². The van der Waals surface area contributed by atoms with Crippen molar-refractivity contribution in [3.05, 3.63) is 47.0 Å². The molecule has 1 atom stereocenters. The Bertz CT molecular complexity index is 1410. The molecule has 1 aliphatic carbocycles. The van der Waals surface area contributed by atoms with E-state index in [-0.39, 0.29) is 11.8 Å². The van der Waals surface area contributed by atoms with Gasteiger partial charge in [0.05, 0.1) is 23.0 Å². The normalized spacial score (nSPS) is 20.4. The first-order valence-electron chi connectivity index (χ1n) is 12.8. The van der Waals surface area contributed by atoms with Gasteiger partial charge in [0, 0.05) is 49.3 Å². The highest BCUT2D eigenvalue weighted by atomic mass is 19.4. The summed E-state index contributed by atoms with van der Waals surface area (Å²) in [7, 11) is 0. The monoisotopic (exact) mass is 528 g/mol. The minimum absolute atomic E-state index is 0.137. The largest absolute Gasteiger partial charge is 0.465 e. The summed E-state index contributed by atoms with van der Waals surface area (Å²) < 4.78 is 50.2.